The zero-order valence-corrected chi connectivity index (χ0v) is 13.1. The standard InChI is InChI=1S/C17H18N6O/c24-16(17(4-7-18-8-5-17)23-11-1-6-21-23)22-13-2-3-14-15(12-13)20-10-9-19-14/h1-3,6,9-12,18H,4-5,7-8H2,(H,22,24). The molecule has 1 saturated heterocycles. The lowest BCUT2D eigenvalue weighted by molar-refractivity contribution is -0.126. The van der Waals surface area contributed by atoms with Crippen LogP contribution in [0.15, 0.2) is 49.1 Å². The van der Waals surface area contributed by atoms with Crippen molar-refractivity contribution in [1.82, 2.24) is 25.1 Å². The van der Waals surface area contributed by atoms with Gasteiger partial charge in [0, 0.05) is 30.5 Å². The molecule has 0 unspecified atom stereocenters. The second kappa shape index (κ2) is 6.01. The summed E-state index contributed by atoms with van der Waals surface area (Å²) in [6, 6.07) is 7.41. The molecule has 1 aliphatic heterocycles. The van der Waals surface area contributed by atoms with E-state index in [0.717, 1.165) is 29.8 Å². The van der Waals surface area contributed by atoms with Crippen LogP contribution >= 0.6 is 0 Å². The molecule has 0 saturated carbocycles. The molecule has 1 amide bonds. The van der Waals surface area contributed by atoms with Gasteiger partial charge in [0.05, 0.1) is 11.0 Å². The quantitative estimate of drug-likeness (QED) is 0.764. The molecule has 2 aromatic heterocycles. The SMILES string of the molecule is O=C(Nc1ccc2nccnc2c1)C1(n2cccn2)CCNCC1. The first-order chi connectivity index (χ1) is 11.8. The van der Waals surface area contributed by atoms with Crippen LogP contribution in [0.25, 0.3) is 11.0 Å². The van der Waals surface area contributed by atoms with Crippen LogP contribution in [0.2, 0.25) is 0 Å². The maximum absolute atomic E-state index is 13.1. The largest absolute Gasteiger partial charge is 0.324 e. The first-order valence-electron chi connectivity index (χ1n) is 8.01. The van der Waals surface area contributed by atoms with Crippen molar-refractivity contribution in [3.05, 3.63) is 49.1 Å². The van der Waals surface area contributed by atoms with E-state index in [-0.39, 0.29) is 5.91 Å². The molecule has 0 radical (unpaired) electrons. The van der Waals surface area contributed by atoms with E-state index >= 15 is 0 Å². The molecule has 3 heterocycles. The average Bonchev–Trinajstić information content (AvgIpc) is 3.17. The van der Waals surface area contributed by atoms with Crippen LogP contribution in [0, 0.1) is 0 Å². The Morgan fingerprint density at radius 2 is 1.92 bits per heavy atom. The van der Waals surface area contributed by atoms with Crippen molar-refractivity contribution in [2.75, 3.05) is 18.4 Å². The Hall–Kier alpha value is -2.80. The molecule has 24 heavy (non-hydrogen) atoms. The van der Waals surface area contributed by atoms with Crippen molar-refractivity contribution in [2.45, 2.75) is 18.4 Å². The number of anilines is 1. The molecule has 122 valence electrons. The van der Waals surface area contributed by atoms with Gasteiger partial charge < -0.3 is 10.6 Å². The minimum atomic E-state index is -0.661. The van der Waals surface area contributed by atoms with Crippen LogP contribution in [-0.2, 0) is 10.3 Å². The topological polar surface area (TPSA) is 84.7 Å². The molecule has 0 aliphatic carbocycles. The first-order valence-corrected chi connectivity index (χ1v) is 8.01. The number of carbonyl (C=O) groups excluding carboxylic acids is 1. The highest BCUT2D eigenvalue weighted by Gasteiger charge is 2.42. The number of piperidine rings is 1. The smallest absolute Gasteiger partial charge is 0.252 e. The molecule has 1 aromatic carbocycles. The van der Waals surface area contributed by atoms with Gasteiger partial charge in [-0.05, 0) is 50.2 Å². The van der Waals surface area contributed by atoms with Gasteiger partial charge in [-0.25, -0.2) is 0 Å². The fourth-order valence-corrected chi connectivity index (χ4v) is 3.21. The van der Waals surface area contributed by atoms with Crippen LogP contribution in [-0.4, -0.2) is 38.7 Å². The number of amides is 1. The van der Waals surface area contributed by atoms with E-state index in [2.05, 4.69) is 25.7 Å². The summed E-state index contributed by atoms with van der Waals surface area (Å²) in [5.74, 6) is -0.0454. The monoisotopic (exact) mass is 322 g/mol. The molecule has 7 nitrogen and oxygen atoms in total. The van der Waals surface area contributed by atoms with Crippen molar-refractivity contribution in [3.8, 4) is 0 Å². The third-order valence-electron chi connectivity index (χ3n) is 4.52. The highest BCUT2D eigenvalue weighted by Crippen LogP contribution is 2.29. The molecule has 3 aromatic rings. The molecule has 1 aliphatic rings. The minimum absolute atomic E-state index is 0.0454. The van der Waals surface area contributed by atoms with Crippen LogP contribution in [0.3, 0.4) is 0 Å². The van der Waals surface area contributed by atoms with E-state index in [1.807, 2.05) is 30.5 Å². The Bertz CT molecular complexity index is 854. The van der Waals surface area contributed by atoms with Crippen molar-refractivity contribution in [1.29, 1.82) is 0 Å². The summed E-state index contributed by atoms with van der Waals surface area (Å²) >= 11 is 0. The van der Waals surface area contributed by atoms with Gasteiger partial charge in [0.1, 0.15) is 5.54 Å². The second-order valence-corrected chi connectivity index (χ2v) is 5.95. The fourth-order valence-electron chi connectivity index (χ4n) is 3.21. The lowest BCUT2D eigenvalue weighted by Crippen LogP contribution is -2.52. The number of nitrogens with one attached hydrogen (secondary N) is 2. The summed E-state index contributed by atoms with van der Waals surface area (Å²) in [6.45, 7) is 1.58. The molecule has 4 rings (SSSR count). The highest BCUT2D eigenvalue weighted by molar-refractivity contribution is 5.98. The Kier molecular flexibility index (Phi) is 3.70. The van der Waals surface area contributed by atoms with Gasteiger partial charge in [0.2, 0.25) is 0 Å². The molecule has 0 spiro atoms. The summed E-state index contributed by atoms with van der Waals surface area (Å²) in [5.41, 5.74) is 1.62. The van der Waals surface area contributed by atoms with Crippen LogP contribution in [0.1, 0.15) is 12.8 Å². The molecule has 0 atom stereocenters. The summed E-state index contributed by atoms with van der Waals surface area (Å²) in [7, 11) is 0. The number of aromatic nitrogens is 4. The lowest BCUT2D eigenvalue weighted by Gasteiger charge is -2.36. The summed E-state index contributed by atoms with van der Waals surface area (Å²) in [4.78, 5) is 21.6. The normalized spacial score (nSPS) is 16.8. The number of hydrogen-bond donors (Lipinski definition) is 2. The van der Waals surface area contributed by atoms with Crippen molar-refractivity contribution in [2.24, 2.45) is 0 Å². The number of nitrogens with zero attached hydrogens (tertiary/aromatic N) is 4. The number of rotatable bonds is 3. The predicted molar refractivity (Wildman–Crippen MR) is 90.5 cm³/mol. The number of fused-ring (bicyclic) bond motifs is 1. The minimum Gasteiger partial charge on any atom is -0.324 e. The summed E-state index contributed by atoms with van der Waals surface area (Å²) in [6.07, 6.45) is 8.27. The number of carbonyl (C=O) groups is 1. The maximum atomic E-state index is 13.1. The zero-order chi connectivity index (χ0) is 16.4. The Morgan fingerprint density at radius 1 is 1.12 bits per heavy atom. The maximum Gasteiger partial charge on any atom is 0.252 e. The van der Waals surface area contributed by atoms with Gasteiger partial charge in [-0.15, -0.1) is 0 Å². The van der Waals surface area contributed by atoms with Gasteiger partial charge in [0.25, 0.3) is 5.91 Å². The van der Waals surface area contributed by atoms with E-state index < -0.39 is 5.54 Å². The van der Waals surface area contributed by atoms with Crippen LogP contribution < -0.4 is 10.6 Å². The fraction of sp³-hybridized carbons (Fsp3) is 0.294. The molecule has 1 fully saturated rings. The van der Waals surface area contributed by atoms with Gasteiger partial charge in [-0.1, -0.05) is 0 Å². The van der Waals surface area contributed by atoms with Gasteiger partial charge in [-0.2, -0.15) is 5.10 Å². The van der Waals surface area contributed by atoms with Crippen LogP contribution in [0.4, 0.5) is 5.69 Å². The summed E-state index contributed by atoms with van der Waals surface area (Å²) in [5, 5.41) is 10.7. The predicted octanol–water partition coefficient (Wildman–Crippen LogP) is 1.54. The summed E-state index contributed by atoms with van der Waals surface area (Å²) < 4.78 is 1.78. The van der Waals surface area contributed by atoms with E-state index in [0.29, 0.717) is 12.8 Å². The Balaban J connectivity index is 1.65. The van der Waals surface area contributed by atoms with Gasteiger partial charge in [0.15, 0.2) is 0 Å². The second-order valence-electron chi connectivity index (χ2n) is 5.95. The van der Waals surface area contributed by atoms with E-state index in [4.69, 9.17) is 0 Å². The van der Waals surface area contributed by atoms with Crippen molar-refractivity contribution in [3.63, 3.8) is 0 Å². The highest BCUT2D eigenvalue weighted by atomic mass is 16.2. The van der Waals surface area contributed by atoms with E-state index in [1.165, 1.54) is 0 Å². The van der Waals surface area contributed by atoms with E-state index in [1.54, 1.807) is 23.3 Å². The van der Waals surface area contributed by atoms with Gasteiger partial charge >= 0.3 is 0 Å². The third kappa shape index (κ3) is 2.52. The molecular weight excluding hydrogens is 304 g/mol. The van der Waals surface area contributed by atoms with Crippen molar-refractivity contribution < 1.29 is 4.79 Å². The number of benzene rings is 1. The molecule has 7 heteroatoms. The number of hydrogen-bond acceptors (Lipinski definition) is 5. The average molecular weight is 322 g/mol. The molecular formula is C17H18N6O. The van der Waals surface area contributed by atoms with Crippen molar-refractivity contribution >= 4 is 22.6 Å². The van der Waals surface area contributed by atoms with E-state index in [9.17, 15) is 4.79 Å². The third-order valence-corrected chi connectivity index (χ3v) is 4.52. The lowest BCUT2D eigenvalue weighted by atomic mass is 9.87. The Morgan fingerprint density at radius 3 is 2.67 bits per heavy atom. The van der Waals surface area contributed by atoms with Crippen LogP contribution in [0.5, 0.6) is 0 Å². The zero-order valence-electron chi connectivity index (χ0n) is 13.1. The Labute approximate surface area is 139 Å². The first kappa shape index (κ1) is 14.8. The molecule has 0 bridgehead atoms. The van der Waals surface area contributed by atoms with Gasteiger partial charge in [-0.3, -0.25) is 19.4 Å². The molecule has 2 N–H and O–H groups in total.